The van der Waals surface area contributed by atoms with Gasteiger partial charge in [-0.25, -0.2) is 9.97 Å². The first-order valence-corrected chi connectivity index (χ1v) is 5.38. The molecule has 0 unspecified atom stereocenters. The second-order valence-corrected chi connectivity index (χ2v) is 3.71. The van der Waals surface area contributed by atoms with Gasteiger partial charge < -0.3 is 4.90 Å². The van der Waals surface area contributed by atoms with Crippen LogP contribution in [-0.4, -0.2) is 29.3 Å². The zero-order chi connectivity index (χ0) is 10.7. The summed E-state index contributed by atoms with van der Waals surface area (Å²) >= 11 is 0. The first-order valence-electron chi connectivity index (χ1n) is 5.38. The van der Waals surface area contributed by atoms with Gasteiger partial charge in [-0.15, -0.1) is 0 Å². The van der Waals surface area contributed by atoms with Crippen molar-refractivity contribution < 1.29 is 0 Å². The van der Waals surface area contributed by atoms with Crippen LogP contribution in [-0.2, 0) is 0 Å². The highest BCUT2D eigenvalue weighted by Crippen LogP contribution is 2.30. The zero-order valence-corrected chi connectivity index (χ0v) is 9.27. The van der Waals surface area contributed by atoms with Gasteiger partial charge in [0, 0.05) is 19.3 Å². The Kier molecular flexibility index (Phi) is 2.94. The van der Waals surface area contributed by atoms with Gasteiger partial charge in [-0.2, -0.15) is 0 Å². The number of aryl methyl sites for hydroxylation is 1. The summed E-state index contributed by atoms with van der Waals surface area (Å²) in [4.78, 5) is 15.2. The Bertz CT molecular complexity index is 367. The second kappa shape index (κ2) is 4.38. The summed E-state index contributed by atoms with van der Waals surface area (Å²) in [5.74, 6) is 0.984. The maximum absolute atomic E-state index is 4.36. The van der Waals surface area contributed by atoms with Gasteiger partial charge in [-0.1, -0.05) is 0 Å². The number of hydrogen-bond donors (Lipinski definition) is 0. The lowest BCUT2D eigenvalue weighted by molar-refractivity contribution is 0.920. The third-order valence-corrected chi connectivity index (χ3v) is 2.65. The van der Waals surface area contributed by atoms with Crippen molar-refractivity contribution in [3.8, 4) is 0 Å². The molecule has 0 aliphatic carbocycles. The van der Waals surface area contributed by atoms with E-state index in [0.29, 0.717) is 0 Å². The van der Waals surface area contributed by atoms with Crippen molar-refractivity contribution in [2.75, 3.05) is 18.0 Å². The SMILES string of the molecule is CC=Nc1c(C)ncnc1N1CCCC1. The molecule has 1 saturated heterocycles. The molecule has 0 amide bonds. The minimum absolute atomic E-state index is 0.918. The fourth-order valence-electron chi connectivity index (χ4n) is 1.89. The Morgan fingerprint density at radius 2 is 2.07 bits per heavy atom. The smallest absolute Gasteiger partial charge is 0.158 e. The van der Waals surface area contributed by atoms with E-state index in [-0.39, 0.29) is 0 Å². The van der Waals surface area contributed by atoms with Gasteiger partial charge in [0.05, 0.1) is 5.69 Å². The van der Waals surface area contributed by atoms with Crippen molar-refractivity contribution in [1.82, 2.24) is 9.97 Å². The molecule has 0 N–H and O–H groups in total. The molecular weight excluding hydrogens is 188 g/mol. The molecule has 4 heteroatoms. The molecule has 80 valence electrons. The Morgan fingerprint density at radius 3 is 2.73 bits per heavy atom. The van der Waals surface area contributed by atoms with Gasteiger partial charge in [-0.05, 0) is 26.7 Å². The zero-order valence-electron chi connectivity index (χ0n) is 9.27. The maximum atomic E-state index is 4.36. The molecule has 0 saturated carbocycles. The third-order valence-electron chi connectivity index (χ3n) is 2.65. The average molecular weight is 204 g/mol. The van der Waals surface area contributed by atoms with Crippen LogP contribution in [0.25, 0.3) is 0 Å². The van der Waals surface area contributed by atoms with E-state index in [1.165, 1.54) is 12.8 Å². The van der Waals surface area contributed by atoms with Crippen molar-refractivity contribution >= 4 is 17.7 Å². The van der Waals surface area contributed by atoms with Gasteiger partial charge in [-0.3, -0.25) is 4.99 Å². The van der Waals surface area contributed by atoms with E-state index in [1.807, 2.05) is 13.8 Å². The monoisotopic (exact) mass is 204 g/mol. The lowest BCUT2D eigenvalue weighted by Gasteiger charge is -2.18. The van der Waals surface area contributed by atoms with Crippen molar-refractivity contribution in [3.05, 3.63) is 12.0 Å². The molecule has 0 aromatic carbocycles. The lowest BCUT2D eigenvalue weighted by atomic mass is 10.3. The molecule has 1 aromatic heterocycles. The minimum atomic E-state index is 0.918. The predicted octanol–water partition coefficient (Wildman–Crippen LogP) is 2.11. The van der Waals surface area contributed by atoms with Gasteiger partial charge in [0.2, 0.25) is 0 Å². The molecule has 4 nitrogen and oxygen atoms in total. The van der Waals surface area contributed by atoms with Crippen molar-refractivity contribution in [1.29, 1.82) is 0 Å². The fraction of sp³-hybridized carbons (Fsp3) is 0.545. The van der Waals surface area contributed by atoms with Crippen LogP contribution in [0.1, 0.15) is 25.5 Å². The van der Waals surface area contributed by atoms with Crippen LogP contribution in [0.3, 0.4) is 0 Å². The number of anilines is 1. The van der Waals surface area contributed by atoms with Gasteiger partial charge in [0.25, 0.3) is 0 Å². The van der Waals surface area contributed by atoms with Crippen LogP contribution in [0.5, 0.6) is 0 Å². The molecule has 0 radical (unpaired) electrons. The first kappa shape index (κ1) is 10.1. The molecule has 15 heavy (non-hydrogen) atoms. The maximum Gasteiger partial charge on any atom is 0.158 e. The first-order chi connectivity index (χ1) is 7.33. The third kappa shape index (κ3) is 1.98. The quantitative estimate of drug-likeness (QED) is 0.693. The summed E-state index contributed by atoms with van der Waals surface area (Å²) in [5, 5.41) is 0. The summed E-state index contributed by atoms with van der Waals surface area (Å²) in [6, 6.07) is 0. The molecule has 0 bridgehead atoms. The molecule has 1 aliphatic heterocycles. The topological polar surface area (TPSA) is 41.4 Å². The van der Waals surface area contributed by atoms with Crippen LogP contribution in [0.2, 0.25) is 0 Å². The van der Waals surface area contributed by atoms with Gasteiger partial charge >= 0.3 is 0 Å². The van der Waals surface area contributed by atoms with E-state index in [9.17, 15) is 0 Å². The van der Waals surface area contributed by atoms with Crippen LogP contribution >= 0.6 is 0 Å². The number of aromatic nitrogens is 2. The summed E-state index contributed by atoms with van der Waals surface area (Å²) in [7, 11) is 0. The standard InChI is InChI=1S/C11H16N4/c1-3-12-10-9(2)13-8-14-11(10)15-6-4-5-7-15/h3,8H,4-7H2,1-2H3. The molecule has 1 aliphatic rings. The number of hydrogen-bond acceptors (Lipinski definition) is 4. The molecular formula is C11H16N4. The molecule has 1 aromatic rings. The van der Waals surface area contributed by atoms with Crippen LogP contribution < -0.4 is 4.90 Å². The molecule has 0 spiro atoms. The predicted molar refractivity (Wildman–Crippen MR) is 62.0 cm³/mol. The highest BCUT2D eigenvalue weighted by Gasteiger charge is 2.18. The lowest BCUT2D eigenvalue weighted by Crippen LogP contribution is -2.19. The van der Waals surface area contributed by atoms with Crippen molar-refractivity contribution in [3.63, 3.8) is 0 Å². The summed E-state index contributed by atoms with van der Waals surface area (Å²) < 4.78 is 0. The van der Waals surface area contributed by atoms with E-state index in [4.69, 9.17) is 0 Å². The molecule has 2 heterocycles. The Balaban J connectivity index is 2.40. The summed E-state index contributed by atoms with van der Waals surface area (Å²) in [6.45, 7) is 6.06. The van der Waals surface area contributed by atoms with E-state index in [0.717, 1.165) is 30.3 Å². The molecule has 2 rings (SSSR count). The molecule has 1 fully saturated rings. The second-order valence-electron chi connectivity index (χ2n) is 3.71. The summed E-state index contributed by atoms with van der Waals surface area (Å²) in [5.41, 5.74) is 1.87. The van der Waals surface area contributed by atoms with Crippen molar-refractivity contribution in [2.45, 2.75) is 26.7 Å². The van der Waals surface area contributed by atoms with E-state index in [1.54, 1.807) is 12.5 Å². The summed E-state index contributed by atoms with van der Waals surface area (Å²) in [6.07, 6.45) is 5.92. The Hall–Kier alpha value is -1.45. The number of rotatable bonds is 2. The number of nitrogens with zero attached hydrogens (tertiary/aromatic N) is 4. The van der Waals surface area contributed by atoms with E-state index in [2.05, 4.69) is 19.9 Å². The number of aliphatic imine (C=N–C) groups is 1. The highest BCUT2D eigenvalue weighted by atomic mass is 15.2. The fourth-order valence-corrected chi connectivity index (χ4v) is 1.89. The minimum Gasteiger partial charge on any atom is -0.355 e. The Morgan fingerprint density at radius 1 is 1.33 bits per heavy atom. The highest BCUT2D eigenvalue weighted by molar-refractivity contribution is 5.71. The van der Waals surface area contributed by atoms with Crippen LogP contribution in [0.15, 0.2) is 11.3 Å². The van der Waals surface area contributed by atoms with Crippen LogP contribution in [0, 0.1) is 6.92 Å². The van der Waals surface area contributed by atoms with E-state index < -0.39 is 0 Å². The van der Waals surface area contributed by atoms with Gasteiger partial charge in [0.1, 0.15) is 12.0 Å². The average Bonchev–Trinajstić information content (AvgIpc) is 2.74. The van der Waals surface area contributed by atoms with E-state index >= 15 is 0 Å². The van der Waals surface area contributed by atoms with Crippen LogP contribution in [0.4, 0.5) is 11.5 Å². The van der Waals surface area contributed by atoms with Gasteiger partial charge in [0.15, 0.2) is 5.82 Å². The van der Waals surface area contributed by atoms with Crippen molar-refractivity contribution in [2.24, 2.45) is 4.99 Å². The normalized spacial score (nSPS) is 16.5. The Labute approximate surface area is 90.1 Å². The molecule has 0 atom stereocenters. The largest absolute Gasteiger partial charge is 0.355 e.